The second-order valence-electron chi connectivity index (χ2n) is 3.19. The van der Waals surface area contributed by atoms with Crippen LogP contribution in [0.25, 0.3) is 0 Å². The average Bonchev–Trinajstić information content (AvgIpc) is 2.38. The van der Waals surface area contributed by atoms with Crippen LogP contribution in [0.4, 0.5) is 0 Å². The molecule has 0 fully saturated rings. The van der Waals surface area contributed by atoms with Crippen molar-refractivity contribution in [3.63, 3.8) is 0 Å². The van der Waals surface area contributed by atoms with Crippen LogP contribution >= 0.6 is 11.8 Å². The fraction of sp³-hybridized carbons (Fsp3) is 0.0833. The average molecular weight is 230 g/mol. The number of nitrogens with zero attached hydrogens (tertiary/aromatic N) is 2. The van der Waals surface area contributed by atoms with Crippen LogP contribution in [-0.4, -0.2) is 16.3 Å². The van der Waals surface area contributed by atoms with E-state index in [9.17, 15) is 4.79 Å². The SMILES string of the molecule is O=Cc1cnc(SCc2ccccc2)nc1. The third-order valence-electron chi connectivity index (χ3n) is 1.99. The first-order chi connectivity index (χ1) is 7.88. The van der Waals surface area contributed by atoms with Gasteiger partial charge in [0.25, 0.3) is 0 Å². The maximum atomic E-state index is 10.4. The van der Waals surface area contributed by atoms with E-state index in [1.807, 2.05) is 18.2 Å². The Hall–Kier alpha value is -1.68. The van der Waals surface area contributed by atoms with Crippen molar-refractivity contribution in [1.29, 1.82) is 0 Å². The topological polar surface area (TPSA) is 42.9 Å². The lowest BCUT2D eigenvalue weighted by Crippen LogP contribution is -1.90. The highest BCUT2D eigenvalue weighted by atomic mass is 32.2. The standard InChI is InChI=1S/C12H10N2OS/c15-8-11-6-13-12(14-7-11)16-9-10-4-2-1-3-5-10/h1-8H,9H2. The Kier molecular flexibility index (Phi) is 3.66. The van der Waals surface area contributed by atoms with Crippen LogP contribution in [0.2, 0.25) is 0 Å². The Morgan fingerprint density at radius 3 is 2.44 bits per heavy atom. The minimum Gasteiger partial charge on any atom is -0.298 e. The van der Waals surface area contributed by atoms with Crippen LogP contribution in [0.15, 0.2) is 47.9 Å². The van der Waals surface area contributed by atoms with Crippen LogP contribution < -0.4 is 0 Å². The van der Waals surface area contributed by atoms with Gasteiger partial charge in [0, 0.05) is 18.1 Å². The summed E-state index contributed by atoms with van der Waals surface area (Å²) in [6.07, 6.45) is 3.81. The lowest BCUT2D eigenvalue weighted by atomic mass is 10.2. The summed E-state index contributed by atoms with van der Waals surface area (Å²) >= 11 is 1.55. The zero-order valence-electron chi connectivity index (χ0n) is 8.54. The Labute approximate surface area is 97.9 Å². The smallest absolute Gasteiger partial charge is 0.187 e. The van der Waals surface area contributed by atoms with Gasteiger partial charge in [0.1, 0.15) is 0 Å². The molecule has 4 heteroatoms. The maximum Gasteiger partial charge on any atom is 0.187 e. The number of hydrogen-bond donors (Lipinski definition) is 0. The number of carbonyl (C=O) groups is 1. The highest BCUT2D eigenvalue weighted by Gasteiger charge is 1.99. The van der Waals surface area contributed by atoms with E-state index < -0.39 is 0 Å². The van der Waals surface area contributed by atoms with Crippen LogP contribution in [0.5, 0.6) is 0 Å². The van der Waals surface area contributed by atoms with Gasteiger partial charge in [-0.15, -0.1) is 0 Å². The summed E-state index contributed by atoms with van der Waals surface area (Å²) in [5.41, 5.74) is 1.74. The normalized spacial score (nSPS) is 10.0. The molecule has 1 heterocycles. The number of aldehydes is 1. The minimum atomic E-state index is 0.504. The molecule has 0 radical (unpaired) electrons. The van der Waals surface area contributed by atoms with Crippen molar-refractivity contribution in [2.75, 3.05) is 0 Å². The van der Waals surface area contributed by atoms with Gasteiger partial charge in [0.15, 0.2) is 11.4 Å². The van der Waals surface area contributed by atoms with Crippen LogP contribution in [0.3, 0.4) is 0 Å². The molecular weight excluding hydrogens is 220 g/mol. The van der Waals surface area contributed by atoms with Crippen LogP contribution in [0, 0.1) is 0 Å². The molecule has 0 aliphatic rings. The Morgan fingerprint density at radius 2 is 1.81 bits per heavy atom. The maximum absolute atomic E-state index is 10.4. The number of aromatic nitrogens is 2. The first-order valence-electron chi connectivity index (χ1n) is 4.82. The molecule has 0 bridgehead atoms. The third-order valence-corrected chi connectivity index (χ3v) is 2.94. The largest absolute Gasteiger partial charge is 0.298 e. The van der Waals surface area contributed by atoms with Crippen molar-refractivity contribution in [1.82, 2.24) is 9.97 Å². The molecule has 0 saturated carbocycles. The highest BCUT2D eigenvalue weighted by Crippen LogP contribution is 2.18. The summed E-state index contributed by atoms with van der Waals surface area (Å²) in [5.74, 6) is 0.835. The number of benzene rings is 1. The molecular formula is C12H10N2OS. The van der Waals surface area contributed by atoms with Crippen LogP contribution in [0.1, 0.15) is 15.9 Å². The van der Waals surface area contributed by atoms with Gasteiger partial charge in [-0.25, -0.2) is 9.97 Å². The van der Waals surface area contributed by atoms with E-state index in [4.69, 9.17) is 0 Å². The molecule has 2 rings (SSSR count). The Balaban J connectivity index is 1.97. The summed E-state index contributed by atoms with van der Waals surface area (Å²) in [7, 11) is 0. The monoisotopic (exact) mass is 230 g/mol. The van der Waals surface area contributed by atoms with E-state index in [0.717, 1.165) is 12.0 Å². The van der Waals surface area contributed by atoms with E-state index >= 15 is 0 Å². The summed E-state index contributed by atoms with van der Waals surface area (Å²) in [4.78, 5) is 18.6. The quantitative estimate of drug-likeness (QED) is 0.460. The van der Waals surface area contributed by atoms with Crippen molar-refractivity contribution >= 4 is 18.0 Å². The first kappa shape index (κ1) is 10.8. The van der Waals surface area contributed by atoms with E-state index in [1.165, 1.54) is 18.0 Å². The number of thioether (sulfide) groups is 1. The molecule has 16 heavy (non-hydrogen) atoms. The van der Waals surface area contributed by atoms with Gasteiger partial charge in [-0.3, -0.25) is 4.79 Å². The molecule has 0 saturated heterocycles. The molecule has 1 aromatic carbocycles. The molecule has 3 nitrogen and oxygen atoms in total. The molecule has 0 N–H and O–H groups in total. The van der Waals surface area contributed by atoms with Gasteiger partial charge in [0.05, 0.1) is 5.56 Å². The van der Waals surface area contributed by atoms with Gasteiger partial charge in [0.2, 0.25) is 0 Å². The lowest BCUT2D eigenvalue weighted by molar-refractivity contribution is 0.112. The minimum absolute atomic E-state index is 0.504. The van der Waals surface area contributed by atoms with E-state index in [1.54, 1.807) is 11.8 Å². The zero-order chi connectivity index (χ0) is 11.2. The Bertz CT molecular complexity index is 456. The summed E-state index contributed by atoms with van der Waals surface area (Å²) in [6.45, 7) is 0. The fourth-order valence-corrected chi connectivity index (χ4v) is 1.93. The van der Waals surface area contributed by atoms with Crippen molar-refractivity contribution in [3.8, 4) is 0 Å². The molecule has 0 aliphatic carbocycles. The van der Waals surface area contributed by atoms with Crippen molar-refractivity contribution in [2.45, 2.75) is 10.9 Å². The predicted octanol–water partition coefficient (Wildman–Crippen LogP) is 2.58. The van der Waals surface area contributed by atoms with Gasteiger partial charge < -0.3 is 0 Å². The third kappa shape index (κ3) is 2.90. The fourth-order valence-electron chi connectivity index (χ4n) is 1.18. The van der Waals surface area contributed by atoms with Crippen molar-refractivity contribution < 1.29 is 4.79 Å². The van der Waals surface area contributed by atoms with E-state index in [-0.39, 0.29) is 0 Å². The zero-order valence-corrected chi connectivity index (χ0v) is 9.35. The molecule has 0 spiro atoms. The molecule has 0 amide bonds. The second-order valence-corrected chi connectivity index (χ2v) is 4.13. The number of hydrogen-bond acceptors (Lipinski definition) is 4. The molecule has 0 aliphatic heterocycles. The summed E-state index contributed by atoms with van der Waals surface area (Å²) < 4.78 is 0. The van der Waals surface area contributed by atoms with Gasteiger partial charge in [-0.2, -0.15) is 0 Å². The van der Waals surface area contributed by atoms with Crippen molar-refractivity contribution in [2.24, 2.45) is 0 Å². The summed E-state index contributed by atoms with van der Waals surface area (Å²) in [6, 6.07) is 10.1. The number of carbonyl (C=O) groups excluding carboxylic acids is 1. The first-order valence-corrected chi connectivity index (χ1v) is 5.81. The van der Waals surface area contributed by atoms with E-state index in [0.29, 0.717) is 10.7 Å². The molecule has 2 aromatic rings. The second kappa shape index (κ2) is 5.42. The van der Waals surface area contributed by atoms with Crippen LogP contribution in [-0.2, 0) is 5.75 Å². The Morgan fingerprint density at radius 1 is 1.12 bits per heavy atom. The molecule has 80 valence electrons. The lowest BCUT2D eigenvalue weighted by Gasteiger charge is -1.99. The predicted molar refractivity (Wildman–Crippen MR) is 63.4 cm³/mol. The number of rotatable bonds is 4. The van der Waals surface area contributed by atoms with Gasteiger partial charge in [-0.1, -0.05) is 42.1 Å². The van der Waals surface area contributed by atoms with Gasteiger partial charge in [-0.05, 0) is 5.56 Å². The molecule has 0 unspecified atom stereocenters. The molecule has 1 aromatic heterocycles. The summed E-state index contributed by atoms with van der Waals surface area (Å²) in [5, 5.41) is 0.689. The molecule has 0 atom stereocenters. The van der Waals surface area contributed by atoms with Crippen molar-refractivity contribution in [3.05, 3.63) is 53.9 Å². The highest BCUT2D eigenvalue weighted by molar-refractivity contribution is 7.98. The van der Waals surface area contributed by atoms with Gasteiger partial charge >= 0.3 is 0 Å². The van der Waals surface area contributed by atoms with E-state index in [2.05, 4.69) is 22.1 Å².